The van der Waals surface area contributed by atoms with Crippen LogP contribution in [0.1, 0.15) is 40.4 Å². The number of aryl methyl sites for hydroxylation is 1. The maximum absolute atomic E-state index is 12.4. The van der Waals surface area contributed by atoms with E-state index in [9.17, 15) is 26.7 Å². The number of amides is 1. The van der Waals surface area contributed by atoms with E-state index in [1.807, 2.05) is 6.07 Å². The molecular weight excluding hydrogens is 419 g/mol. The van der Waals surface area contributed by atoms with Crippen LogP contribution in [-0.4, -0.2) is 23.6 Å². The number of nitrogens with zero attached hydrogens (tertiary/aromatic N) is 2. The van der Waals surface area contributed by atoms with Crippen molar-refractivity contribution in [3.63, 3.8) is 0 Å². The third kappa shape index (κ3) is 7.71. The van der Waals surface area contributed by atoms with Gasteiger partial charge >= 0.3 is 6.18 Å². The highest BCUT2D eigenvalue weighted by molar-refractivity contribution is 5.93. The van der Waals surface area contributed by atoms with Crippen LogP contribution < -0.4 is 11.6 Å². The fraction of sp³-hybridized carbons (Fsp3) is 0.238. The highest BCUT2D eigenvalue weighted by Crippen LogP contribution is 2.27. The van der Waals surface area contributed by atoms with Gasteiger partial charge in [-0.1, -0.05) is 24.3 Å². The van der Waals surface area contributed by atoms with Crippen molar-refractivity contribution in [2.75, 3.05) is 6.54 Å². The Labute approximate surface area is 176 Å². The quantitative estimate of drug-likeness (QED) is 0.409. The van der Waals surface area contributed by atoms with Crippen LogP contribution in [0.5, 0.6) is 0 Å². The topological polar surface area (TPSA) is 96.1 Å². The second kappa shape index (κ2) is 11.1. The van der Waals surface area contributed by atoms with Crippen LogP contribution in [-0.2, 0) is 0 Å². The first-order valence-electron chi connectivity index (χ1n) is 8.95. The molecule has 2 aromatic carbocycles. The molecule has 2 aromatic rings. The number of nitriles is 1. The summed E-state index contributed by atoms with van der Waals surface area (Å²) in [4.78, 5) is 11.1. The Hall–Kier alpha value is -3.45. The molecule has 166 valence electrons. The van der Waals surface area contributed by atoms with Gasteiger partial charge in [-0.2, -0.15) is 18.4 Å². The molecule has 0 radical (unpaired) electrons. The number of hydrogen-bond donors (Lipinski definition) is 2. The number of rotatable bonds is 5. The van der Waals surface area contributed by atoms with Crippen molar-refractivity contribution in [2.45, 2.75) is 26.4 Å². The van der Waals surface area contributed by atoms with Crippen LogP contribution in [0.4, 0.5) is 22.0 Å². The molecule has 5 nitrogen and oxygen atoms in total. The maximum atomic E-state index is 12.4. The molecular formula is C21H21F5N4O. The van der Waals surface area contributed by atoms with E-state index in [0.717, 1.165) is 17.2 Å². The van der Waals surface area contributed by atoms with Crippen LogP contribution in [0.2, 0.25) is 0 Å². The summed E-state index contributed by atoms with van der Waals surface area (Å²) in [5.41, 5.74) is 5.85. The summed E-state index contributed by atoms with van der Waals surface area (Å²) in [6.07, 6.45) is -4.66. The summed E-state index contributed by atoms with van der Waals surface area (Å²) >= 11 is 0. The number of hydrazine groups is 1. The molecule has 0 saturated heterocycles. The summed E-state index contributed by atoms with van der Waals surface area (Å²) < 4.78 is 61.8. The van der Waals surface area contributed by atoms with Crippen molar-refractivity contribution >= 4 is 11.6 Å². The molecule has 0 aromatic heterocycles. The second-order valence-electron chi connectivity index (χ2n) is 6.30. The zero-order valence-corrected chi connectivity index (χ0v) is 16.8. The van der Waals surface area contributed by atoms with Gasteiger partial charge in [-0.3, -0.25) is 4.79 Å². The predicted molar refractivity (Wildman–Crippen MR) is 106 cm³/mol. The van der Waals surface area contributed by atoms with Gasteiger partial charge in [0.1, 0.15) is 0 Å². The van der Waals surface area contributed by atoms with E-state index in [-0.39, 0.29) is 28.9 Å². The number of allylic oxidation sites excluding steroid dienone is 1. The number of carbonyl (C=O) groups excluding carboxylic acids is 1. The predicted octanol–water partition coefficient (Wildman–Crippen LogP) is 4.42. The number of nitrogens with two attached hydrogens (primary N) is 2. The average molecular weight is 440 g/mol. The van der Waals surface area contributed by atoms with E-state index in [0.29, 0.717) is 5.56 Å². The summed E-state index contributed by atoms with van der Waals surface area (Å²) in [7, 11) is 0. The van der Waals surface area contributed by atoms with Crippen molar-refractivity contribution < 1.29 is 26.7 Å². The lowest BCUT2D eigenvalue weighted by atomic mass is 10.0. The Morgan fingerprint density at radius 3 is 2.32 bits per heavy atom. The highest BCUT2D eigenvalue weighted by atomic mass is 19.4. The van der Waals surface area contributed by atoms with Gasteiger partial charge in [0.2, 0.25) is 5.91 Å². The number of primary amides is 1. The van der Waals surface area contributed by atoms with Crippen molar-refractivity contribution in [3.8, 4) is 6.07 Å². The molecule has 1 amide bonds. The normalized spacial score (nSPS) is 11.3. The first kappa shape index (κ1) is 25.6. The Morgan fingerprint density at radius 2 is 1.87 bits per heavy atom. The number of benzene rings is 2. The van der Waals surface area contributed by atoms with Gasteiger partial charge in [-0.05, 0) is 37.6 Å². The van der Waals surface area contributed by atoms with Gasteiger partial charge in [0.25, 0.3) is 0 Å². The Bertz CT molecular complexity index is 976. The minimum absolute atomic E-state index is 0.0219. The molecule has 0 fully saturated rings. The first-order chi connectivity index (χ1) is 14.4. The van der Waals surface area contributed by atoms with Crippen LogP contribution in [0.15, 0.2) is 42.5 Å². The lowest BCUT2D eigenvalue weighted by Crippen LogP contribution is -2.29. The van der Waals surface area contributed by atoms with Gasteiger partial charge in [0.05, 0.1) is 23.8 Å². The Kier molecular flexibility index (Phi) is 9.15. The molecule has 0 saturated carbocycles. The van der Waals surface area contributed by atoms with Crippen LogP contribution in [0.3, 0.4) is 0 Å². The summed E-state index contributed by atoms with van der Waals surface area (Å²) in [5, 5.41) is 10.2. The third-order valence-electron chi connectivity index (χ3n) is 4.02. The smallest absolute Gasteiger partial charge is 0.366 e. The Morgan fingerprint density at radius 1 is 1.23 bits per heavy atom. The lowest BCUT2D eigenvalue weighted by Gasteiger charge is -2.22. The molecule has 0 aliphatic heterocycles. The van der Waals surface area contributed by atoms with Crippen LogP contribution >= 0.6 is 0 Å². The molecule has 0 atom stereocenters. The second-order valence-corrected chi connectivity index (χ2v) is 6.30. The number of halogens is 5. The SMILES string of the molecule is CCN(N)/C(=C\CC(F)(F)F)c1ccc(C(N)=O)cc1C#N.Cc1cccc(F)c1F. The van der Waals surface area contributed by atoms with Crippen LogP contribution in [0, 0.1) is 29.9 Å². The van der Waals surface area contributed by atoms with Crippen molar-refractivity contribution in [1.29, 1.82) is 5.26 Å². The fourth-order valence-electron chi connectivity index (χ4n) is 2.39. The average Bonchev–Trinajstić information content (AvgIpc) is 2.71. The molecule has 2 rings (SSSR count). The zero-order valence-electron chi connectivity index (χ0n) is 16.8. The molecule has 10 heteroatoms. The van der Waals surface area contributed by atoms with Crippen molar-refractivity contribution in [2.24, 2.45) is 11.6 Å². The molecule has 0 aliphatic carbocycles. The summed E-state index contributed by atoms with van der Waals surface area (Å²) in [5.74, 6) is 3.43. The van der Waals surface area contributed by atoms with Gasteiger partial charge in [-0.25, -0.2) is 14.6 Å². The van der Waals surface area contributed by atoms with Crippen LogP contribution in [0.25, 0.3) is 5.70 Å². The summed E-state index contributed by atoms with van der Waals surface area (Å²) in [6, 6.07) is 9.86. The largest absolute Gasteiger partial charge is 0.392 e. The molecule has 0 unspecified atom stereocenters. The van der Waals surface area contributed by atoms with E-state index >= 15 is 0 Å². The van der Waals surface area contributed by atoms with Gasteiger partial charge < -0.3 is 10.7 Å². The lowest BCUT2D eigenvalue weighted by molar-refractivity contribution is -0.125. The molecule has 0 spiro atoms. The van der Waals surface area contributed by atoms with Gasteiger partial charge in [0.15, 0.2) is 11.6 Å². The van der Waals surface area contributed by atoms with E-state index in [1.165, 1.54) is 37.3 Å². The number of hydrogen-bond acceptors (Lipinski definition) is 4. The van der Waals surface area contributed by atoms with Gasteiger partial charge in [-0.15, -0.1) is 0 Å². The molecule has 0 bridgehead atoms. The van der Waals surface area contributed by atoms with E-state index in [4.69, 9.17) is 16.8 Å². The van der Waals surface area contributed by atoms with E-state index < -0.39 is 30.1 Å². The molecule has 0 heterocycles. The van der Waals surface area contributed by atoms with Crippen molar-refractivity contribution in [1.82, 2.24) is 5.01 Å². The minimum atomic E-state index is -4.39. The maximum Gasteiger partial charge on any atom is 0.392 e. The fourth-order valence-corrected chi connectivity index (χ4v) is 2.39. The first-order valence-corrected chi connectivity index (χ1v) is 8.95. The Balaban J connectivity index is 0.000000442. The molecule has 4 N–H and O–H groups in total. The van der Waals surface area contributed by atoms with Crippen molar-refractivity contribution in [3.05, 3.63) is 76.4 Å². The standard InChI is InChI=1S/C14H15F3N4O.C7H6F2/c1-2-21(20)12(5-6-14(15,16)17)11-4-3-9(13(19)22)7-10(11)8-18;1-5-3-2-4-6(8)7(5)9/h3-5,7H,2,6,20H2,1H3,(H2,19,22);2-4H,1H3/b12-5-;. The third-order valence-corrected chi connectivity index (χ3v) is 4.02. The monoisotopic (exact) mass is 440 g/mol. The molecule has 31 heavy (non-hydrogen) atoms. The number of alkyl halides is 3. The highest BCUT2D eigenvalue weighted by Gasteiger charge is 2.26. The molecule has 0 aliphatic rings. The number of carbonyl (C=O) groups is 1. The zero-order chi connectivity index (χ0) is 23.8. The minimum Gasteiger partial charge on any atom is -0.366 e. The van der Waals surface area contributed by atoms with E-state index in [1.54, 1.807) is 6.92 Å². The van der Waals surface area contributed by atoms with E-state index in [2.05, 4.69) is 0 Å². The van der Waals surface area contributed by atoms with Gasteiger partial charge in [0, 0.05) is 17.7 Å². The summed E-state index contributed by atoms with van der Waals surface area (Å²) in [6.45, 7) is 3.43.